The van der Waals surface area contributed by atoms with Crippen LogP contribution in [0.25, 0.3) is 0 Å². The normalized spacial score (nSPS) is 11.8. The fourth-order valence-corrected chi connectivity index (χ4v) is 3.13. The van der Waals surface area contributed by atoms with Crippen molar-refractivity contribution in [3.63, 3.8) is 0 Å². The zero-order valence-electron chi connectivity index (χ0n) is 17.4. The molecule has 0 saturated heterocycles. The van der Waals surface area contributed by atoms with Crippen molar-refractivity contribution in [2.24, 2.45) is 0 Å². The fraction of sp³-hybridized carbons (Fsp3) is 0.261. The van der Waals surface area contributed by atoms with Crippen LogP contribution in [0.3, 0.4) is 0 Å². The lowest BCUT2D eigenvalue weighted by Gasteiger charge is -2.14. The molecule has 2 amide bonds. The van der Waals surface area contributed by atoms with Crippen molar-refractivity contribution in [1.29, 1.82) is 0 Å². The lowest BCUT2D eigenvalue weighted by atomic mass is 10.1. The van der Waals surface area contributed by atoms with Gasteiger partial charge in [-0.25, -0.2) is 0 Å². The summed E-state index contributed by atoms with van der Waals surface area (Å²) in [4.78, 5) is 25.2. The van der Waals surface area contributed by atoms with Gasteiger partial charge in [-0.2, -0.15) is 5.10 Å². The lowest BCUT2D eigenvalue weighted by molar-refractivity contribution is -0.119. The Balaban J connectivity index is 1.69. The van der Waals surface area contributed by atoms with Gasteiger partial charge in [-0.15, -0.1) is 0 Å². The predicted molar refractivity (Wildman–Crippen MR) is 115 cm³/mol. The van der Waals surface area contributed by atoms with Gasteiger partial charge in [0.2, 0.25) is 5.91 Å². The summed E-state index contributed by atoms with van der Waals surface area (Å²) in [6, 6.07) is 12.7. The number of aryl methyl sites for hydroxylation is 4. The standard InChI is InChI=1S/C23H26N4O2/c1-14-6-8-19(16(3)12-14)24-22(28)18(5)27-11-10-21(26-27)23(29)25-20-9-7-15(2)13-17(20)4/h6-13,18H,1-5H3,(H,24,28)(H,25,29). The van der Waals surface area contributed by atoms with Crippen LogP contribution < -0.4 is 10.6 Å². The Labute approximate surface area is 170 Å². The maximum atomic E-state index is 12.6. The molecule has 1 aromatic heterocycles. The number of carbonyl (C=O) groups excluding carboxylic acids is 2. The Morgan fingerprint density at radius 3 is 1.97 bits per heavy atom. The molecule has 6 heteroatoms. The Hall–Kier alpha value is -3.41. The summed E-state index contributed by atoms with van der Waals surface area (Å²) in [6.07, 6.45) is 1.64. The number of aromatic nitrogens is 2. The van der Waals surface area contributed by atoms with Crippen LogP contribution in [0.1, 0.15) is 45.7 Å². The molecule has 3 aromatic rings. The Kier molecular flexibility index (Phi) is 5.82. The largest absolute Gasteiger partial charge is 0.324 e. The van der Waals surface area contributed by atoms with E-state index >= 15 is 0 Å². The molecule has 0 bridgehead atoms. The zero-order chi connectivity index (χ0) is 21.1. The monoisotopic (exact) mass is 390 g/mol. The molecule has 2 aromatic carbocycles. The van der Waals surface area contributed by atoms with Gasteiger partial charge in [0.05, 0.1) is 0 Å². The Morgan fingerprint density at radius 2 is 1.41 bits per heavy atom. The van der Waals surface area contributed by atoms with Gasteiger partial charge in [0.1, 0.15) is 6.04 Å². The predicted octanol–water partition coefficient (Wildman–Crippen LogP) is 4.57. The minimum absolute atomic E-state index is 0.193. The van der Waals surface area contributed by atoms with E-state index in [1.165, 1.54) is 4.68 Å². The number of hydrogen-bond acceptors (Lipinski definition) is 3. The SMILES string of the molecule is Cc1ccc(NC(=O)c2ccn(C(C)C(=O)Nc3ccc(C)cc3C)n2)c(C)c1. The summed E-state index contributed by atoms with van der Waals surface area (Å²) in [5.74, 6) is -0.501. The molecule has 1 atom stereocenters. The van der Waals surface area contributed by atoms with Gasteiger partial charge in [-0.1, -0.05) is 35.4 Å². The number of benzene rings is 2. The second-order valence-corrected chi connectivity index (χ2v) is 7.44. The van der Waals surface area contributed by atoms with Crippen molar-refractivity contribution in [2.45, 2.75) is 40.7 Å². The van der Waals surface area contributed by atoms with E-state index in [-0.39, 0.29) is 17.5 Å². The van der Waals surface area contributed by atoms with Crippen LogP contribution in [0.5, 0.6) is 0 Å². The third-order valence-electron chi connectivity index (χ3n) is 4.89. The Bertz CT molecular complexity index is 1070. The molecular formula is C23H26N4O2. The second-order valence-electron chi connectivity index (χ2n) is 7.44. The molecule has 1 heterocycles. The van der Waals surface area contributed by atoms with E-state index in [9.17, 15) is 9.59 Å². The molecule has 1 unspecified atom stereocenters. The summed E-state index contributed by atoms with van der Waals surface area (Å²) < 4.78 is 1.50. The van der Waals surface area contributed by atoms with E-state index in [2.05, 4.69) is 15.7 Å². The highest BCUT2D eigenvalue weighted by molar-refractivity contribution is 6.03. The smallest absolute Gasteiger partial charge is 0.276 e. The number of nitrogens with zero attached hydrogens (tertiary/aromatic N) is 2. The van der Waals surface area contributed by atoms with Gasteiger partial charge in [-0.3, -0.25) is 14.3 Å². The molecular weight excluding hydrogens is 364 g/mol. The fourth-order valence-electron chi connectivity index (χ4n) is 3.13. The molecule has 6 nitrogen and oxygen atoms in total. The van der Waals surface area contributed by atoms with Crippen molar-refractivity contribution >= 4 is 23.2 Å². The first kappa shape index (κ1) is 20.3. The van der Waals surface area contributed by atoms with Crippen molar-refractivity contribution in [3.8, 4) is 0 Å². The second kappa shape index (κ2) is 8.31. The highest BCUT2D eigenvalue weighted by Crippen LogP contribution is 2.19. The average molecular weight is 390 g/mol. The molecule has 0 spiro atoms. The average Bonchev–Trinajstić information content (AvgIpc) is 3.16. The molecule has 0 aliphatic heterocycles. The van der Waals surface area contributed by atoms with Crippen molar-refractivity contribution in [3.05, 3.63) is 76.6 Å². The van der Waals surface area contributed by atoms with E-state index in [1.54, 1.807) is 19.2 Å². The van der Waals surface area contributed by atoms with E-state index in [1.807, 2.05) is 64.1 Å². The van der Waals surface area contributed by atoms with Crippen LogP contribution in [0.4, 0.5) is 11.4 Å². The van der Waals surface area contributed by atoms with Crippen LogP contribution in [0.15, 0.2) is 48.7 Å². The van der Waals surface area contributed by atoms with Crippen LogP contribution in [0, 0.1) is 27.7 Å². The minimum Gasteiger partial charge on any atom is -0.324 e. The number of anilines is 2. The van der Waals surface area contributed by atoms with E-state index in [0.717, 1.165) is 33.6 Å². The molecule has 3 rings (SSSR count). The van der Waals surface area contributed by atoms with Gasteiger partial charge in [0, 0.05) is 17.6 Å². The van der Waals surface area contributed by atoms with Gasteiger partial charge < -0.3 is 10.6 Å². The summed E-state index contributed by atoms with van der Waals surface area (Å²) >= 11 is 0. The maximum Gasteiger partial charge on any atom is 0.276 e. The number of amides is 2. The molecule has 0 saturated carbocycles. The lowest BCUT2D eigenvalue weighted by Crippen LogP contribution is -2.25. The summed E-state index contributed by atoms with van der Waals surface area (Å²) in [5, 5.41) is 10.1. The van der Waals surface area contributed by atoms with Gasteiger partial charge >= 0.3 is 0 Å². The van der Waals surface area contributed by atoms with E-state index < -0.39 is 6.04 Å². The zero-order valence-corrected chi connectivity index (χ0v) is 17.4. The highest BCUT2D eigenvalue weighted by atomic mass is 16.2. The molecule has 2 N–H and O–H groups in total. The van der Waals surface area contributed by atoms with Crippen LogP contribution in [0.2, 0.25) is 0 Å². The van der Waals surface area contributed by atoms with Gasteiger partial charge in [0.15, 0.2) is 5.69 Å². The summed E-state index contributed by atoms with van der Waals surface area (Å²) in [5.41, 5.74) is 6.03. The molecule has 0 radical (unpaired) electrons. The number of nitrogens with one attached hydrogen (secondary N) is 2. The third-order valence-corrected chi connectivity index (χ3v) is 4.89. The molecule has 150 valence electrons. The summed E-state index contributed by atoms with van der Waals surface area (Å²) in [7, 11) is 0. The molecule has 0 fully saturated rings. The first-order valence-electron chi connectivity index (χ1n) is 9.56. The quantitative estimate of drug-likeness (QED) is 0.670. The van der Waals surface area contributed by atoms with Crippen molar-refractivity contribution in [2.75, 3.05) is 10.6 Å². The third kappa shape index (κ3) is 4.71. The number of hydrogen-bond donors (Lipinski definition) is 2. The highest BCUT2D eigenvalue weighted by Gasteiger charge is 2.19. The maximum absolute atomic E-state index is 12.6. The summed E-state index contributed by atoms with van der Waals surface area (Å²) in [6.45, 7) is 9.66. The van der Waals surface area contributed by atoms with E-state index in [4.69, 9.17) is 0 Å². The molecule has 0 aliphatic carbocycles. The van der Waals surface area contributed by atoms with Crippen LogP contribution in [-0.2, 0) is 4.79 Å². The first-order valence-corrected chi connectivity index (χ1v) is 9.56. The molecule has 0 aliphatic rings. The van der Waals surface area contributed by atoms with Gasteiger partial charge in [0.25, 0.3) is 5.91 Å². The van der Waals surface area contributed by atoms with Crippen LogP contribution >= 0.6 is 0 Å². The number of rotatable bonds is 5. The Morgan fingerprint density at radius 1 is 0.862 bits per heavy atom. The number of carbonyl (C=O) groups is 2. The van der Waals surface area contributed by atoms with Crippen molar-refractivity contribution in [1.82, 2.24) is 9.78 Å². The topological polar surface area (TPSA) is 76.0 Å². The van der Waals surface area contributed by atoms with Gasteiger partial charge in [-0.05, 0) is 63.9 Å². The van der Waals surface area contributed by atoms with E-state index in [0.29, 0.717) is 0 Å². The molecule has 29 heavy (non-hydrogen) atoms. The van der Waals surface area contributed by atoms with Crippen LogP contribution in [-0.4, -0.2) is 21.6 Å². The minimum atomic E-state index is -0.557. The first-order chi connectivity index (χ1) is 13.7. The van der Waals surface area contributed by atoms with Crippen molar-refractivity contribution < 1.29 is 9.59 Å².